The summed E-state index contributed by atoms with van der Waals surface area (Å²) in [7, 11) is 0. The Hall–Kier alpha value is -7.48. The third kappa shape index (κ3) is 23.5. The number of esters is 4. The number of hydrogen-bond donors (Lipinski definition) is 4. The van der Waals surface area contributed by atoms with Gasteiger partial charge in [0.1, 0.15) is 0 Å². The summed E-state index contributed by atoms with van der Waals surface area (Å²) in [5.74, 6) is -2.53. The molecule has 4 aliphatic heterocycles. The zero-order valence-electron chi connectivity index (χ0n) is 61.2. The van der Waals surface area contributed by atoms with Crippen LogP contribution in [0.2, 0.25) is 0 Å². The Morgan fingerprint density at radius 2 is 0.575 bits per heavy atom. The van der Waals surface area contributed by atoms with Crippen LogP contribution in [0.15, 0.2) is 60.7 Å². The van der Waals surface area contributed by atoms with E-state index in [1.165, 1.54) is 0 Å². The topological polar surface area (TPSA) is 380 Å². The van der Waals surface area contributed by atoms with Gasteiger partial charge in [-0.05, 0) is 238 Å². The summed E-state index contributed by atoms with van der Waals surface area (Å²) in [4.78, 5) is 137. The van der Waals surface area contributed by atoms with Crippen LogP contribution in [0.25, 0.3) is 92.7 Å². The molecule has 0 aromatic carbocycles. The van der Waals surface area contributed by atoms with Gasteiger partial charge in [0.25, 0.3) is 0 Å². The molecule has 530 valence electrons. The van der Waals surface area contributed by atoms with Crippen molar-refractivity contribution in [3.8, 4) is 11.8 Å². The van der Waals surface area contributed by atoms with Crippen LogP contribution in [-0.4, -0.2) is 114 Å². The van der Waals surface area contributed by atoms with Crippen molar-refractivity contribution in [2.24, 2.45) is 0 Å². The van der Waals surface area contributed by atoms with Crippen LogP contribution >= 0.6 is 0 Å². The Bertz CT molecular complexity index is 4430. The Labute approximate surface area is 701 Å². The third-order valence-electron chi connectivity index (χ3n) is 18.1. The van der Waals surface area contributed by atoms with E-state index in [1.807, 2.05) is 48.5 Å². The van der Waals surface area contributed by atoms with E-state index >= 15 is 0 Å². The van der Waals surface area contributed by atoms with Gasteiger partial charge in [-0.15, -0.1) is 0 Å². The minimum absolute atomic E-state index is 0. The molecule has 4 unspecified atom stereocenters. The third-order valence-corrected chi connectivity index (χ3v) is 18.1. The van der Waals surface area contributed by atoms with Gasteiger partial charge in [-0.1, -0.05) is 11.8 Å². The largest absolute Gasteiger partial charge is 1.00 e. The number of fused-ring (bicyclic) bond motifs is 16. The van der Waals surface area contributed by atoms with Crippen molar-refractivity contribution in [1.82, 2.24) is 39.9 Å². The molecule has 24 nitrogen and oxygen atoms in total. The number of nitrogens with zero attached hydrogens (tertiary/aromatic N) is 4. The molecule has 0 aliphatic carbocycles. The van der Waals surface area contributed by atoms with Crippen LogP contribution in [0, 0.1) is 11.8 Å². The van der Waals surface area contributed by atoms with Crippen LogP contribution in [0.4, 0.5) is 0 Å². The Morgan fingerprint density at radius 1 is 0.330 bits per heavy atom. The monoisotopic (exact) mass is 1470 g/mol. The molecule has 6 aromatic heterocycles. The average molecular weight is 1480 g/mol. The second kappa shape index (κ2) is 42.3. The Morgan fingerprint density at radius 3 is 0.868 bits per heavy atom. The standard InChI is InChI=1S/C78H82N8O16.4Na/c1-5-99-71(95)39-13-45(9-35-67(87)88)75-59-23-17-49(79-59)43-50-18-24-60(80-50)76(46(10-36-68(89)90)14-40-72(96)100-6-2)64-32-28-56(84-64)53(55-27-31-63(75)83-55)21-22-54-57-29-33-65(85-57)77(47(11-37-69(91)92)15-41-73(97)101-7-3)61-25-19-51(81-61)44-52-20-26-62(82-52)78(66-34-30-58(54)86-66)48(12-38-70(93)94)16-42-74(98)102-8-4;;;;/h17-20,23-34,43-48,79,81,84,86H,5-16,35-42H2,1-4H3,(H,87,88)(H,89,90)(H,91,92)(H,93,94);;;;/q;4*+1/p-4. The first-order chi connectivity index (χ1) is 49.3. The van der Waals surface area contributed by atoms with Gasteiger partial charge in [-0.2, -0.15) is 0 Å². The van der Waals surface area contributed by atoms with E-state index < -0.39 is 71.4 Å². The smallest absolute Gasteiger partial charge is 0.550 e. The molecule has 4 N–H and O–H groups in total. The Balaban J connectivity index is 0.00000440. The summed E-state index contributed by atoms with van der Waals surface area (Å²) in [6, 6.07) is 18.2. The van der Waals surface area contributed by atoms with Crippen molar-refractivity contribution in [3.63, 3.8) is 0 Å². The minimum atomic E-state index is -1.29. The summed E-state index contributed by atoms with van der Waals surface area (Å²) in [6.07, 6.45) is 13.6. The molecule has 0 saturated heterocycles. The van der Waals surface area contributed by atoms with Gasteiger partial charge in [-0.25, -0.2) is 19.9 Å². The van der Waals surface area contributed by atoms with Gasteiger partial charge in [0.05, 0.1) is 94.1 Å². The SMILES string of the molecule is CCOC(=O)CCC(CCC(=O)[O-])c1c2nc(c(C#Cc3c4nc(c(C(CCC(=O)[O-])CCC(=O)OCC)c5ccc(cc6nc(c(C(CCC(=O)[O-])CCC(=O)OCC)c7ccc3[nH]7)C=C6)[nH]5)C=C4)c3ccc([nH]3)c(C(CCC(=O)[O-])CCC(=O)OCC)c3nc(cc4ccc1[nH]4)C=C3)C=C2.[Na+].[Na+].[Na+].[Na+]. The molecule has 16 bridgehead atoms. The number of carboxylic acid groups (broad SMARTS) is 4. The van der Waals surface area contributed by atoms with Gasteiger partial charge >= 0.3 is 142 Å². The van der Waals surface area contributed by atoms with Gasteiger partial charge in [-0.3, -0.25) is 19.2 Å². The van der Waals surface area contributed by atoms with E-state index in [4.69, 9.17) is 38.9 Å². The van der Waals surface area contributed by atoms with Crippen LogP contribution in [0.3, 0.4) is 0 Å². The van der Waals surface area contributed by atoms with Gasteiger partial charge in [0.2, 0.25) is 0 Å². The number of nitrogens with one attached hydrogen (secondary N) is 4. The maximum Gasteiger partial charge on any atom is 1.00 e. The van der Waals surface area contributed by atoms with Crippen molar-refractivity contribution >= 4 is 140 Å². The molecule has 10 rings (SSSR count). The molecule has 28 heteroatoms. The van der Waals surface area contributed by atoms with E-state index in [1.54, 1.807) is 88.4 Å². The number of ether oxygens (including phenoxy) is 4. The van der Waals surface area contributed by atoms with Gasteiger partial charge < -0.3 is 78.5 Å². The number of aromatic nitrogens is 8. The van der Waals surface area contributed by atoms with E-state index in [0.29, 0.717) is 123 Å². The molecule has 4 aliphatic rings. The fraction of sp³-hybridized carbons (Fsp3) is 0.359. The quantitative estimate of drug-likeness (QED) is 0.0140. The van der Waals surface area contributed by atoms with Gasteiger partial charge in [0.15, 0.2) is 0 Å². The molecule has 0 fully saturated rings. The van der Waals surface area contributed by atoms with Crippen molar-refractivity contribution < 1.29 is 196 Å². The van der Waals surface area contributed by atoms with Crippen molar-refractivity contribution in [2.45, 2.75) is 154 Å². The summed E-state index contributed by atoms with van der Waals surface area (Å²) in [6.45, 7) is 7.33. The van der Waals surface area contributed by atoms with Crippen LogP contribution < -0.4 is 139 Å². The second-order valence-corrected chi connectivity index (χ2v) is 24.9. The second-order valence-electron chi connectivity index (χ2n) is 24.9. The first-order valence-electron chi connectivity index (χ1n) is 34.5. The van der Waals surface area contributed by atoms with Crippen LogP contribution in [0.5, 0.6) is 0 Å². The van der Waals surface area contributed by atoms with Crippen molar-refractivity contribution in [2.75, 3.05) is 26.4 Å². The van der Waals surface area contributed by atoms with E-state index in [9.17, 15) is 58.8 Å². The Kier molecular flexibility index (Phi) is 34.9. The number of aromatic amines is 4. The molecule has 0 amide bonds. The normalized spacial score (nSPS) is 12.7. The number of rotatable bonds is 32. The number of hydrogen-bond acceptors (Lipinski definition) is 20. The maximum absolute atomic E-state index is 13.1. The number of aliphatic carboxylic acids is 4. The molecule has 6 aromatic rings. The molecule has 4 atom stereocenters. The molecular formula is C78H78N8Na4O16. The first kappa shape index (κ1) is 87.4. The van der Waals surface area contributed by atoms with Crippen molar-refractivity contribution in [1.29, 1.82) is 0 Å². The van der Waals surface area contributed by atoms with E-state index in [0.717, 1.165) is 0 Å². The molecular weight excluding hydrogens is 1400 g/mol. The fourth-order valence-corrected chi connectivity index (χ4v) is 13.5. The van der Waals surface area contributed by atoms with Crippen molar-refractivity contribution in [3.05, 3.63) is 140 Å². The molecule has 0 spiro atoms. The fourth-order valence-electron chi connectivity index (χ4n) is 13.5. The van der Waals surface area contributed by atoms with Gasteiger partial charge in [0, 0.05) is 105 Å². The zero-order chi connectivity index (χ0) is 72.4. The minimum Gasteiger partial charge on any atom is -0.550 e. The predicted octanol–water partition coefficient (Wildman–Crippen LogP) is -3.13. The first-order valence-corrected chi connectivity index (χ1v) is 34.5. The van der Waals surface area contributed by atoms with E-state index in [-0.39, 0.29) is 247 Å². The average Bonchev–Trinajstić information content (AvgIpc) is 1.63. The summed E-state index contributed by atoms with van der Waals surface area (Å²) in [5.41, 5.74) is 10.5. The predicted molar refractivity (Wildman–Crippen MR) is 375 cm³/mol. The summed E-state index contributed by atoms with van der Waals surface area (Å²) in [5, 5.41) is 49.2. The zero-order valence-corrected chi connectivity index (χ0v) is 69.2. The van der Waals surface area contributed by atoms with Crippen LogP contribution in [0.1, 0.15) is 233 Å². The molecule has 0 radical (unpaired) electrons. The number of carbonyl (C=O) groups excluding carboxylic acids is 8. The van der Waals surface area contributed by atoms with Crippen LogP contribution in [-0.2, 0) is 57.3 Å². The number of H-pyrrole nitrogens is 4. The maximum atomic E-state index is 13.1. The molecule has 10 heterocycles. The molecule has 0 saturated carbocycles. The number of carbonyl (C=O) groups is 8. The summed E-state index contributed by atoms with van der Waals surface area (Å²) >= 11 is 0. The number of carboxylic acids is 4. The van der Waals surface area contributed by atoms with E-state index in [2.05, 4.69) is 31.8 Å². The molecule has 106 heavy (non-hydrogen) atoms. The summed E-state index contributed by atoms with van der Waals surface area (Å²) < 4.78 is 21.4.